The Labute approximate surface area is 166 Å². The van der Waals surface area contributed by atoms with E-state index in [2.05, 4.69) is 0 Å². The van der Waals surface area contributed by atoms with Gasteiger partial charge in [0.2, 0.25) is 0 Å². The van der Waals surface area contributed by atoms with E-state index in [1.807, 2.05) is 30.3 Å². The van der Waals surface area contributed by atoms with Crippen molar-refractivity contribution in [1.82, 2.24) is 0 Å². The van der Waals surface area contributed by atoms with Crippen LogP contribution in [-0.2, 0) is 19.1 Å². The summed E-state index contributed by atoms with van der Waals surface area (Å²) in [6.07, 6.45) is 3.08. The number of hydrogen-bond acceptors (Lipinski definition) is 5. The Morgan fingerprint density at radius 3 is 2.04 bits per heavy atom. The zero-order valence-electron chi connectivity index (χ0n) is 15.2. The highest BCUT2D eigenvalue weighted by Crippen LogP contribution is 2.38. The molecule has 0 spiro atoms. The summed E-state index contributed by atoms with van der Waals surface area (Å²) in [5.74, 6) is -2.43. The van der Waals surface area contributed by atoms with Gasteiger partial charge in [0.05, 0.1) is 36.3 Å². The Kier molecular flexibility index (Phi) is 5.80. The third-order valence-electron chi connectivity index (χ3n) is 4.35. The third kappa shape index (κ3) is 3.77. The molecule has 0 atom stereocenters. The van der Waals surface area contributed by atoms with Gasteiger partial charge in [0.15, 0.2) is 0 Å². The number of ether oxygens (including phenoxy) is 2. The zero-order valence-corrected chi connectivity index (χ0v) is 15.9. The fraction of sp³-hybridized carbons (Fsp3) is 0.143. The first kappa shape index (κ1) is 19.6. The Bertz CT molecular complexity index is 938. The molecule has 0 fully saturated rings. The molecule has 0 aromatic heterocycles. The number of esters is 2. The Morgan fingerprint density at radius 1 is 0.964 bits per heavy atom. The Hall–Kier alpha value is -3.12. The van der Waals surface area contributed by atoms with E-state index in [-0.39, 0.29) is 16.2 Å². The molecule has 0 saturated heterocycles. The van der Waals surface area contributed by atoms with Gasteiger partial charge in [0.1, 0.15) is 5.82 Å². The maximum Gasteiger partial charge on any atom is 0.336 e. The van der Waals surface area contributed by atoms with Gasteiger partial charge in [-0.3, -0.25) is 0 Å². The number of hydrogen-bond donors (Lipinski definition) is 0. The molecule has 0 aliphatic carbocycles. The van der Waals surface area contributed by atoms with E-state index in [9.17, 15) is 14.0 Å². The van der Waals surface area contributed by atoms with Gasteiger partial charge in [-0.05, 0) is 23.8 Å². The van der Waals surface area contributed by atoms with Gasteiger partial charge in [-0.2, -0.15) is 0 Å². The van der Waals surface area contributed by atoms with Crippen LogP contribution in [0.3, 0.4) is 0 Å². The molecule has 5 nitrogen and oxygen atoms in total. The summed E-state index contributed by atoms with van der Waals surface area (Å²) in [5, 5.41) is -0.0799. The van der Waals surface area contributed by atoms with Gasteiger partial charge in [-0.1, -0.05) is 41.9 Å². The fourth-order valence-electron chi connectivity index (χ4n) is 3.03. The maximum absolute atomic E-state index is 13.5. The van der Waals surface area contributed by atoms with E-state index in [0.29, 0.717) is 5.69 Å². The molecule has 1 heterocycles. The van der Waals surface area contributed by atoms with Gasteiger partial charge < -0.3 is 14.4 Å². The van der Waals surface area contributed by atoms with Crippen LogP contribution in [0.15, 0.2) is 72.1 Å². The van der Waals surface area contributed by atoms with E-state index in [1.54, 1.807) is 12.4 Å². The smallest absolute Gasteiger partial charge is 0.336 e. The quantitative estimate of drug-likeness (QED) is 0.719. The van der Waals surface area contributed by atoms with Crippen molar-refractivity contribution in [2.75, 3.05) is 19.1 Å². The van der Waals surface area contributed by atoms with Crippen LogP contribution < -0.4 is 4.90 Å². The maximum atomic E-state index is 13.5. The number of rotatable bonds is 4. The lowest BCUT2D eigenvalue weighted by molar-refractivity contribution is -0.137. The molecule has 0 saturated carbocycles. The number of carbonyl (C=O) groups excluding carboxylic acids is 2. The highest BCUT2D eigenvalue weighted by molar-refractivity contribution is 6.31. The van der Waals surface area contributed by atoms with Crippen molar-refractivity contribution in [3.63, 3.8) is 0 Å². The summed E-state index contributed by atoms with van der Waals surface area (Å²) < 4.78 is 23.4. The van der Waals surface area contributed by atoms with Crippen molar-refractivity contribution in [3.8, 4) is 0 Å². The minimum absolute atomic E-state index is 0.0799. The lowest BCUT2D eigenvalue weighted by atomic mass is 9.83. The highest BCUT2D eigenvalue weighted by atomic mass is 35.5. The normalized spacial score (nSPS) is 14.2. The SMILES string of the molecule is COC(=O)C1=CN(c2ccc(F)c(Cl)c2)C=C(C(=O)OC)C1c1ccccc1. The number of nitrogens with zero attached hydrogens (tertiary/aromatic N) is 1. The lowest BCUT2D eigenvalue weighted by Crippen LogP contribution is -2.28. The van der Waals surface area contributed by atoms with Crippen molar-refractivity contribution < 1.29 is 23.5 Å². The second kappa shape index (κ2) is 8.27. The van der Waals surface area contributed by atoms with E-state index in [0.717, 1.165) is 5.56 Å². The van der Waals surface area contributed by atoms with Gasteiger partial charge >= 0.3 is 11.9 Å². The first-order valence-corrected chi connectivity index (χ1v) is 8.72. The standard InChI is InChI=1S/C21H17ClFNO4/c1-27-20(25)15-11-24(14-8-9-18(23)17(22)10-14)12-16(21(26)28-2)19(15)13-6-4-3-5-7-13/h3-12,19H,1-2H3. The predicted molar refractivity (Wildman–Crippen MR) is 103 cm³/mol. The van der Waals surface area contributed by atoms with E-state index in [1.165, 1.54) is 37.3 Å². The third-order valence-corrected chi connectivity index (χ3v) is 4.64. The minimum Gasteiger partial charge on any atom is -0.466 e. The van der Waals surface area contributed by atoms with Crippen molar-refractivity contribution >= 4 is 29.2 Å². The molecule has 2 aromatic carbocycles. The molecule has 1 aliphatic heterocycles. The monoisotopic (exact) mass is 401 g/mol. The molecular formula is C21H17ClFNO4. The Morgan fingerprint density at radius 2 is 1.54 bits per heavy atom. The topological polar surface area (TPSA) is 55.8 Å². The molecule has 2 aromatic rings. The molecule has 144 valence electrons. The number of halogens is 2. The first-order chi connectivity index (χ1) is 13.5. The average molecular weight is 402 g/mol. The van der Waals surface area contributed by atoms with E-state index < -0.39 is 23.7 Å². The molecule has 1 aliphatic rings. The summed E-state index contributed by atoms with van der Waals surface area (Å²) in [6, 6.07) is 13.2. The largest absolute Gasteiger partial charge is 0.466 e. The van der Waals surface area contributed by atoms with Crippen LogP contribution in [0.5, 0.6) is 0 Å². The average Bonchev–Trinajstić information content (AvgIpc) is 2.74. The number of carbonyl (C=O) groups is 2. The molecule has 7 heteroatoms. The van der Waals surface area contributed by atoms with Gasteiger partial charge in [-0.25, -0.2) is 14.0 Å². The molecule has 3 rings (SSSR count). The summed E-state index contributed by atoms with van der Waals surface area (Å²) in [5.41, 5.74) is 1.67. The van der Waals surface area contributed by atoms with Gasteiger partial charge in [-0.15, -0.1) is 0 Å². The van der Waals surface area contributed by atoms with Gasteiger partial charge in [0.25, 0.3) is 0 Å². The molecule has 28 heavy (non-hydrogen) atoms. The molecular weight excluding hydrogens is 385 g/mol. The summed E-state index contributed by atoms with van der Waals surface area (Å²) >= 11 is 5.88. The van der Waals surface area contributed by atoms with E-state index >= 15 is 0 Å². The van der Waals surface area contributed by atoms with Crippen LogP contribution in [0.4, 0.5) is 10.1 Å². The second-order valence-electron chi connectivity index (χ2n) is 6.00. The lowest BCUT2D eigenvalue weighted by Gasteiger charge is -2.30. The number of benzene rings is 2. The number of anilines is 1. The van der Waals surface area contributed by atoms with Crippen LogP contribution in [0.25, 0.3) is 0 Å². The minimum atomic E-state index is -0.673. The van der Waals surface area contributed by atoms with Crippen LogP contribution in [0.2, 0.25) is 5.02 Å². The van der Waals surface area contributed by atoms with Crippen molar-refractivity contribution in [3.05, 3.63) is 88.5 Å². The molecule has 0 amide bonds. The predicted octanol–water partition coefficient (Wildman–Crippen LogP) is 4.20. The van der Waals surface area contributed by atoms with Crippen molar-refractivity contribution in [2.45, 2.75) is 5.92 Å². The summed E-state index contributed by atoms with van der Waals surface area (Å²) in [4.78, 5) is 26.6. The molecule has 0 unspecified atom stereocenters. The fourth-order valence-corrected chi connectivity index (χ4v) is 3.20. The van der Waals surface area contributed by atoms with Crippen LogP contribution in [0, 0.1) is 5.82 Å². The van der Waals surface area contributed by atoms with Crippen LogP contribution >= 0.6 is 11.6 Å². The van der Waals surface area contributed by atoms with E-state index in [4.69, 9.17) is 21.1 Å². The van der Waals surface area contributed by atoms with Crippen LogP contribution in [-0.4, -0.2) is 26.2 Å². The first-order valence-electron chi connectivity index (χ1n) is 8.34. The van der Waals surface area contributed by atoms with Crippen molar-refractivity contribution in [2.24, 2.45) is 0 Å². The summed E-state index contributed by atoms with van der Waals surface area (Å²) in [6.45, 7) is 0. The van der Waals surface area contributed by atoms with Crippen LogP contribution in [0.1, 0.15) is 11.5 Å². The summed E-state index contributed by atoms with van der Waals surface area (Å²) in [7, 11) is 2.53. The molecule has 0 bridgehead atoms. The van der Waals surface area contributed by atoms with Crippen molar-refractivity contribution in [1.29, 1.82) is 0 Å². The number of methoxy groups -OCH3 is 2. The molecule has 0 N–H and O–H groups in total. The highest BCUT2D eigenvalue weighted by Gasteiger charge is 2.35. The van der Waals surface area contributed by atoms with Gasteiger partial charge in [0, 0.05) is 18.1 Å². The zero-order chi connectivity index (χ0) is 20.3. The second-order valence-corrected chi connectivity index (χ2v) is 6.41. The molecule has 0 radical (unpaired) electrons. The Balaban J connectivity index is 2.18.